The van der Waals surface area contributed by atoms with Gasteiger partial charge in [0.1, 0.15) is 0 Å². The molecule has 0 bridgehead atoms. The highest BCUT2D eigenvalue weighted by Crippen LogP contribution is 2.17. The number of nitrogens with one attached hydrogen (secondary N) is 3. The lowest BCUT2D eigenvalue weighted by Gasteiger charge is -2.18. The molecule has 0 fully saturated rings. The second kappa shape index (κ2) is 12.0. The summed E-state index contributed by atoms with van der Waals surface area (Å²) < 4.78 is 26.5. The molecule has 3 rings (SSSR count). The summed E-state index contributed by atoms with van der Waals surface area (Å²) in [4.78, 5) is 24.5. The Kier molecular flexibility index (Phi) is 8.77. The SMILES string of the molecule is CCN(CC)S(=O)(=O)c1ccc(/C=C/C(=O)Nc2ccc(NC(=O)Nc3ccccc3)cc2)cc1. The van der Waals surface area contributed by atoms with Crippen LogP contribution in [0.2, 0.25) is 0 Å². The van der Waals surface area contributed by atoms with Gasteiger partial charge in [-0.25, -0.2) is 13.2 Å². The highest BCUT2D eigenvalue weighted by atomic mass is 32.2. The monoisotopic (exact) mass is 492 g/mol. The predicted molar refractivity (Wildman–Crippen MR) is 140 cm³/mol. The van der Waals surface area contributed by atoms with Crippen LogP contribution in [0.15, 0.2) is 89.8 Å². The number of rotatable bonds is 9. The van der Waals surface area contributed by atoms with Gasteiger partial charge in [0.15, 0.2) is 0 Å². The summed E-state index contributed by atoms with van der Waals surface area (Å²) in [5.74, 6) is -0.340. The van der Waals surface area contributed by atoms with Gasteiger partial charge in [-0.3, -0.25) is 4.79 Å². The first-order valence-corrected chi connectivity index (χ1v) is 12.6. The number of amides is 3. The fourth-order valence-electron chi connectivity index (χ4n) is 3.27. The van der Waals surface area contributed by atoms with E-state index in [-0.39, 0.29) is 16.8 Å². The molecule has 0 aromatic heterocycles. The van der Waals surface area contributed by atoms with Crippen LogP contribution >= 0.6 is 0 Å². The number of hydrogen-bond acceptors (Lipinski definition) is 4. The van der Waals surface area contributed by atoms with Crippen molar-refractivity contribution in [3.63, 3.8) is 0 Å². The number of carbonyl (C=O) groups excluding carboxylic acids is 2. The molecular weight excluding hydrogens is 464 g/mol. The molecule has 0 saturated carbocycles. The van der Waals surface area contributed by atoms with E-state index in [2.05, 4.69) is 16.0 Å². The van der Waals surface area contributed by atoms with Gasteiger partial charge in [-0.2, -0.15) is 4.31 Å². The fourth-order valence-corrected chi connectivity index (χ4v) is 4.73. The topological polar surface area (TPSA) is 108 Å². The van der Waals surface area contributed by atoms with E-state index in [0.29, 0.717) is 35.7 Å². The molecule has 3 aromatic carbocycles. The molecule has 0 heterocycles. The number of anilines is 3. The molecule has 0 aliphatic heterocycles. The number of carbonyl (C=O) groups is 2. The van der Waals surface area contributed by atoms with Crippen LogP contribution in [-0.2, 0) is 14.8 Å². The van der Waals surface area contributed by atoms with Gasteiger partial charge < -0.3 is 16.0 Å². The molecule has 3 amide bonds. The Morgan fingerprint density at radius 2 is 1.26 bits per heavy atom. The first-order valence-electron chi connectivity index (χ1n) is 11.1. The minimum atomic E-state index is -3.52. The van der Waals surface area contributed by atoms with Crippen LogP contribution in [0.25, 0.3) is 6.08 Å². The lowest BCUT2D eigenvalue weighted by Crippen LogP contribution is -2.30. The highest BCUT2D eigenvalue weighted by Gasteiger charge is 2.20. The molecule has 3 N–H and O–H groups in total. The average Bonchev–Trinajstić information content (AvgIpc) is 2.85. The van der Waals surface area contributed by atoms with Gasteiger partial charge in [0, 0.05) is 36.2 Å². The third kappa shape index (κ3) is 7.26. The quantitative estimate of drug-likeness (QED) is 0.365. The van der Waals surface area contributed by atoms with E-state index in [4.69, 9.17) is 0 Å². The lowest BCUT2D eigenvalue weighted by molar-refractivity contribution is -0.111. The van der Waals surface area contributed by atoms with Gasteiger partial charge >= 0.3 is 6.03 Å². The summed E-state index contributed by atoms with van der Waals surface area (Å²) in [7, 11) is -3.52. The number of benzene rings is 3. The van der Waals surface area contributed by atoms with Gasteiger partial charge in [-0.15, -0.1) is 0 Å². The molecular formula is C26H28N4O4S. The second-order valence-electron chi connectivity index (χ2n) is 7.50. The molecule has 0 atom stereocenters. The molecule has 0 radical (unpaired) electrons. The molecule has 35 heavy (non-hydrogen) atoms. The fraction of sp³-hybridized carbons (Fsp3) is 0.154. The van der Waals surface area contributed by atoms with Crippen molar-refractivity contribution in [3.8, 4) is 0 Å². The Morgan fingerprint density at radius 3 is 1.80 bits per heavy atom. The Bertz CT molecular complexity index is 1270. The van der Waals surface area contributed by atoms with Crippen LogP contribution in [0, 0.1) is 0 Å². The van der Waals surface area contributed by atoms with Crippen LogP contribution in [-0.4, -0.2) is 37.8 Å². The van der Waals surface area contributed by atoms with Crippen LogP contribution in [0.4, 0.5) is 21.9 Å². The van der Waals surface area contributed by atoms with Crippen molar-refractivity contribution in [2.45, 2.75) is 18.7 Å². The second-order valence-corrected chi connectivity index (χ2v) is 9.44. The molecule has 0 unspecified atom stereocenters. The maximum atomic E-state index is 12.6. The summed E-state index contributed by atoms with van der Waals surface area (Å²) in [5.41, 5.74) is 2.52. The van der Waals surface area contributed by atoms with Crippen LogP contribution < -0.4 is 16.0 Å². The van der Waals surface area contributed by atoms with Crippen molar-refractivity contribution < 1.29 is 18.0 Å². The van der Waals surface area contributed by atoms with Crippen molar-refractivity contribution in [1.82, 2.24) is 4.31 Å². The van der Waals surface area contributed by atoms with Crippen LogP contribution in [0.3, 0.4) is 0 Å². The normalized spacial score (nSPS) is 11.4. The third-order valence-electron chi connectivity index (χ3n) is 5.09. The highest BCUT2D eigenvalue weighted by molar-refractivity contribution is 7.89. The van der Waals surface area contributed by atoms with Crippen LogP contribution in [0.5, 0.6) is 0 Å². The van der Waals surface area contributed by atoms with Gasteiger partial charge in [0.25, 0.3) is 0 Å². The standard InChI is InChI=1S/C26H28N4O4S/c1-3-30(4-2)35(33,34)24-17-10-20(11-18-24)12-19-25(31)27-22-13-15-23(16-14-22)29-26(32)28-21-8-6-5-7-9-21/h5-19H,3-4H2,1-2H3,(H,27,31)(H2,28,29,32)/b19-12+. The zero-order valence-corrected chi connectivity index (χ0v) is 20.4. The first-order chi connectivity index (χ1) is 16.8. The van der Waals surface area contributed by atoms with E-state index in [1.54, 1.807) is 68.5 Å². The summed E-state index contributed by atoms with van der Waals surface area (Å²) in [6, 6.07) is 21.8. The van der Waals surface area contributed by atoms with Gasteiger partial charge in [-0.1, -0.05) is 44.2 Å². The van der Waals surface area contributed by atoms with Crippen molar-refractivity contribution in [3.05, 3.63) is 90.5 Å². The minimum Gasteiger partial charge on any atom is -0.323 e. The van der Waals surface area contributed by atoms with E-state index < -0.39 is 10.0 Å². The first kappa shape index (κ1) is 25.7. The smallest absolute Gasteiger partial charge is 0.323 e. The van der Waals surface area contributed by atoms with E-state index >= 15 is 0 Å². The van der Waals surface area contributed by atoms with E-state index in [1.807, 2.05) is 18.2 Å². The zero-order chi connectivity index (χ0) is 25.3. The van der Waals surface area contributed by atoms with Crippen molar-refractivity contribution >= 4 is 45.1 Å². The Hall–Kier alpha value is -3.95. The predicted octanol–water partition coefficient (Wildman–Crippen LogP) is 5.01. The zero-order valence-electron chi connectivity index (χ0n) is 19.6. The number of sulfonamides is 1. The van der Waals surface area contributed by atoms with Crippen LogP contribution in [0.1, 0.15) is 19.4 Å². The van der Waals surface area contributed by atoms with Gasteiger partial charge in [0.05, 0.1) is 4.90 Å². The van der Waals surface area contributed by atoms with Crippen molar-refractivity contribution in [2.75, 3.05) is 29.0 Å². The molecule has 0 aliphatic carbocycles. The molecule has 0 aliphatic rings. The summed E-state index contributed by atoms with van der Waals surface area (Å²) in [6.45, 7) is 4.39. The van der Waals surface area contributed by atoms with Crippen molar-refractivity contribution in [1.29, 1.82) is 0 Å². The molecule has 0 spiro atoms. The van der Waals surface area contributed by atoms with Gasteiger partial charge in [0.2, 0.25) is 15.9 Å². The minimum absolute atomic E-state index is 0.217. The Labute approximate surface area is 205 Å². The molecule has 0 saturated heterocycles. The number of para-hydroxylation sites is 1. The summed E-state index contributed by atoms with van der Waals surface area (Å²) in [6.07, 6.45) is 2.97. The van der Waals surface area contributed by atoms with E-state index in [9.17, 15) is 18.0 Å². The number of nitrogens with zero attached hydrogens (tertiary/aromatic N) is 1. The number of hydrogen-bond donors (Lipinski definition) is 3. The Balaban J connectivity index is 1.53. The molecule has 182 valence electrons. The largest absolute Gasteiger partial charge is 0.323 e. The molecule has 8 nitrogen and oxygen atoms in total. The van der Waals surface area contributed by atoms with Crippen molar-refractivity contribution in [2.24, 2.45) is 0 Å². The summed E-state index contributed by atoms with van der Waals surface area (Å²) in [5, 5.41) is 8.19. The molecule has 9 heteroatoms. The Morgan fingerprint density at radius 1 is 0.743 bits per heavy atom. The third-order valence-corrected chi connectivity index (χ3v) is 7.16. The van der Waals surface area contributed by atoms with Gasteiger partial charge in [-0.05, 0) is 60.2 Å². The lowest BCUT2D eigenvalue weighted by atomic mass is 10.2. The van der Waals surface area contributed by atoms with E-state index in [0.717, 1.165) is 0 Å². The number of urea groups is 1. The maximum Gasteiger partial charge on any atom is 0.323 e. The maximum absolute atomic E-state index is 12.6. The molecule has 3 aromatic rings. The van der Waals surface area contributed by atoms with E-state index in [1.165, 1.54) is 22.5 Å². The average molecular weight is 493 g/mol. The summed E-state index contributed by atoms with van der Waals surface area (Å²) >= 11 is 0.